The molecule has 0 radical (unpaired) electrons. The predicted octanol–water partition coefficient (Wildman–Crippen LogP) is 3.40. The second-order valence-corrected chi connectivity index (χ2v) is 15.0. The molecule has 1 N–H and O–H groups in total. The Kier molecular flexibility index (Phi) is 6.74. The molecule has 0 aromatic carbocycles. The summed E-state index contributed by atoms with van der Waals surface area (Å²) in [6.07, 6.45) is 12.1. The lowest BCUT2D eigenvalue weighted by molar-refractivity contribution is -0.151. The third-order valence-electron chi connectivity index (χ3n) is 11.5. The standard InChI is InChI=1S/C27H46N2O4S/c1-19-8-11-27(18-30)20(16-19)4-5-21-22-6-7-24(26(22,2)10-9-23(21)27)25(31)17-28-12-14-29(15-13-28)34(3,32)33/h19-24,30H,4-18H2,1-3H3. The summed E-state index contributed by atoms with van der Waals surface area (Å²) in [5, 5.41) is 10.7. The maximum Gasteiger partial charge on any atom is 0.211 e. The third-order valence-corrected chi connectivity index (χ3v) is 12.8. The zero-order valence-electron chi connectivity index (χ0n) is 21.5. The van der Waals surface area contributed by atoms with Crippen molar-refractivity contribution in [1.82, 2.24) is 9.21 Å². The van der Waals surface area contributed by atoms with E-state index in [2.05, 4.69) is 18.7 Å². The van der Waals surface area contributed by atoms with Gasteiger partial charge in [-0.25, -0.2) is 8.42 Å². The molecule has 4 aliphatic carbocycles. The number of piperazine rings is 1. The molecule has 8 unspecified atom stereocenters. The van der Waals surface area contributed by atoms with Gasteiger partial charge in [0.15, 0.2) is 0 Å². The fraction of sp³-hybridized carbons (Fsp3) is 0.963. The Morgan fingerprint density at radius 2 is 1.71 bits per heavy atom. The van der Waals surface area contributed by atoms with Gasteiger partial charge in [-0.2, -0.15) is 4.31 Å². The van der Waals surface area contributed by atoms with E-state index in [0.717, 1.165) is 18.8 Å². The summed E-state index contributed by atoms with van der Waals surface area (Å²) in [4.78, 5) is 15.8. The van der Waals surface area contributed by atoms with Crippen molar-refractivity contribution < 1.29 is 18.3 Å². The van der Waals surface area contributed by atoms with Crippen molar-refractivity contribution in [2.24, 2.45) is 46.3 Å². The maximum absolute atomic E-state index is 13.6. The number of carbonyl (C=O) groups excluding carboxylic acids is 1. The van der Waals surface area contributed by atoms with Crippen molar-refractivity contribution in [3.63, 3.8) is 0 Å². The molecule has 7 heteroatoms. The number of aliphatic hydroxyl groups is 1. The summed E-state index contributed by atoms with van der Waals surface area (Å²) in [6.45, 7) is 7.90. The van der Waals surface area contributed by atoms with Gasteiger partial charge in [-0.15, -0.1) is 0 Å². The quantitative estimate of drug-likeness (QED) is 0.634. The van der Waals surface area contributed by atoms with Crippen molar-refractivity contribution >= 4 is 15.8 Å². The first-order valence-electron chi connectivity index (χ1n) is 13.9. The van der Waals surface area contributed by atoms with Crippen LogP contribution in [0.5, 0.6) is 0 Å². The van der Waals surface area contributed by atoms with E-state index >= 15 is 0 Å². The molecule has 1 aliphatic heterocycles. The monoisotopic (exact) mass is 494 g/mol. The van der Waals surface area contributed by atoms with Gasteiger partial charge in [0, 0.05) is 38.7 Å². The van der Waals surface area contributed by atoms with Crippen molar-refractivity contribution in [3.8, 4) is 0 Å². The molecule has 194 valence electrons. The maximum atomic E-state index is 13.6. The summed E-state index contributed by atoms with van der Waals surface area (Å²) in [6, 6.07) is 0. The molecule has 0 amide bonds. The number of fused-ring (bicyclic) bond motifs is 5. The number of aliphatic hydroxyl groups excluding tert-OH is 1. The normalized spacial score (nSPS) is 45.9. The zero-order valence-corrected chi connectivity index (χ0v) is 22.4. The van der Waals surface area contributed by atoms with Crippen LogP contribution in [0.4, 0.5) is 0 Å². The van der Waals surface area contributed by atoms with Crippen molar-refractivity contribution in [2.45, 2.75) is 71.6 Å². The highest BCUT2D eigenvalue weighted by Crippen LogP contribution is 2.67. The first-order chi connectivity index (χ1) is 16.1. The molecule has 5 rings (SSSR count). The molecule has 0 aromatic heterocycles. The Labute approximate surface area is 206 Å². The van der Waals surface area contributed by atoms with Gasteiger partial charge in [-0.05, 0) is 91.8 Å². The SMILES string of the molecule is CC1CCC2(CO)C(CCC3C4CCC(C(=O)CN5CCN(S(C)(=O)=O)CC5)C4(C)CCC32)C1. The van der Waals surface area contributed by atoms with Gasteiger partial charge in [-0.1, -0.05) is 20.3 Å². The van der Waals surface area contributed by atoms with Gasteiger partial charge < -0.3 is 5.11 Å². The minimum Gasteiger partial charge on any atom is -0.396 e. The molecule has 34 heavy (non-hydrogen) atoms. The van der Waals surface area contributed by atoms with Crippen molar-refractivity contribution in [1.29, 1.82) is 0 Å². The topological polar surface area (TPSA) is 77.9 Å². The highest BCUT2D eigenvalue weighted by molar-refractivity contribution is 7.88. The van der Waals surface area contributed by atoms with Crippen LogP contribution >= 0.6 is 0 Å². The molecule has 5 aliphatic rings. The summed E-state index contributed by atoms with van der Waals surface area (Å²) < 4.78 is 25.2. The van der Waals surface area contributed by atoms with Gasteiger partial charge in [0.1, 0.15) is 5.78 Å². The van der Waals surface area contributed by atoms with E-state index in [0.29, 0.717) is 68.8 Å². The molecular formula is C27H46N2O4S. The van der Waals surface area contributed by atoms with E-state index in [-0.39, 0.29) is 16.7 Å². The van der Waals surface area contributed by atoms with Gasteiger partial charge in [0.2, 0.25) is 10.0 Å². The van der Waals surface area contributed by atoms with Crippen LogP contribution in [0.1, 0.15) is 71.6 Å². The second kappa shape index (κ2) is 9.11. The number of Topliss-reactive ketones (excluding diaryl/α,β-unsaturated/α-hetero) is 1. The van der Waals surface area contributed by atoms with Crippen LogP contribution in [0.2, 0.25) is 0 Å². The highest BCUT2D eigenvalue weighted by atomic mass is 32.2. The van der Waals surface area contributed by atoms with Crippen molar-refractivity contribution in [2.75, 3.05) is 45.6 Å². The predicted molar refractivity (Wildman–Crippen MR) is 134 cm³/mol. The van der Waals surface area contributed by atoms with Crippen molar-refractivity contribution in [3.05, 3.63) is 0 Å². The van der Waals surface area contributed by atoms with Crippen LogP contribution in [0, 0.1) is 46.3 Å². The lowest BCUT2D eigenvalue weighted by Crippen LogP contribution is -2.56. The number of rotatable bonds is 5. The number of sulfonamides is 1. The van der Waals surface area contributed by atoms with Crippen LogP contribution in [-0.4, -0.2) is 74.1 Å². The molecule has 0 spiro atoms. The van der Waals surface area contributed by atoms with E-state index in [9.17, 15) is 18.3 Å². The Balaban J connectivity index is 1.26. The van der Waals surface area contributed by atoms with Crippen LogP contribution in [0.3, 0.4) is 0 Å². The lowest BCUT2D eigenvalue weighted by Gasteiger charge is -2.61. The molecule has 6 nitrogen and oxygen atoms in total. The first-order valence-corrected chi connectivity index (χ1v) is 15.7. The molecule has 4 saturated carbocycles. The van der Waals surface area contributed by atoms with E-state index in [1.807, 2.05) is 0 Å². The third kappa shape index (κ3) is 4.10. The molecule has 1 heterocycles. The summed E-state index contributed by atoms with van der Waals surface area (Å²) >= 11 is 0. The number of nitrogens with zero attached hydrogens (tertiary/aromatic N) is 2. The Morgan fingerprint density at radius 3 is 2.38 bits per heavy atom. The smallest absolute Gasteiger partial charge is 0.211 e. The number of hydrogen-bond acceptors (Lipinski definition) is 5. The van der Waals surface area contributed by atoms with Gasteiger partial charge in [0.25, 0.3) is 0 Å². The molecular weight excluding hydrogens is 448 g/mol. The van der Waals surface area contributed by atoms with E-state index in [1.165, 1.54) is 55.5 Å². The summed E-state index contributed by atoms with van der Waals surface area (Å²) in [5.41, 5.74) is 0.233. The van der Waals surface area contributed by atoms with Crippen LogP contribution in [0.25, 0.3) is 0 Å². The fourth-order valence-electron chi connectivity index (χ4n) is 9.65. The molecule has 0 aromatic rings. The molecule has 5 fully saturated rings. The zero-order chi connectivity index (χ0) is 24.3. The Morgan fingerprint density at radius 1 is 0.971 bits per heavy atom. The molecule has 0 bridgehead atoms. The highest BCUT2D eigenvalue weighted by Gasteiger charge is 2.62. The van der Waals surface area contributed by atoms with Gasteiger partial charge in [-0.3, -0.25) is 9.69 Å². The van der Waals surface area contributed by atoms with Crippen LogP contribution in [-0.2, 0) is 14.8 Å². The van der Waals surface area contributed by atoms with E-state index < -0.39 is 10.0 Å². The first kappa shape index (κ1) is 25.2. The largest absolute Gasteiger partial charge is 0.396 e. The van der Waals surface area contributed by atoms with Crippen LogP contribution in [0.15, 0.2) is 0 Å². The average molecular weight is 495 g/mol. The van der Waals surface area contributed by atoms with E-state index in [4.69, 9.17) is 0 Å². The fourth-order valence-corrected chi connectivity index (χ4v) is 10.5. The lowest BCUT2D eigenvalue weighted by atomic mass is 9.44. The number of ketones is 1. The van der Waals surface area contributed by atoms with Gasteiger partial charge >= 0.3 is 0 Å². The second-order valence-electron chi connectivity index (χ2n) is 13.0. The van der Waals surface area contributed by atoms with Gasteiger partial charge in [0.05, 0.1) is 12.8 Å². The Bertz CT molecular complexity index is 885. The minimum absolute atomic E-state index is 0.0955. The minimum atomic E-state index is -3.15. The summed E-state index contributed by atoms with van der Waals surface area (Å²) in [5.74, 6) is 3.94. The van der Waals surface area contributed by atoms with Crippen LogP contribution < -0.4 is 0 Å². The summed E-state index contributed by atoms with van der Waals surface area (Å²) in [7, 11) is -3.15. The number of carbonyl (C=O) groups is 1. The molecule has 1 saturated heterocycles. The van der Waals surface area contributed by atoms with E-state index in [1.54, 1.807) is 0 Å². The molecule has 8 atom stereocenters. The average Bonchev–Trinajstić information content (AvgIpc) is 3.16. The Hall–Kier alpha value is -0.500. The number of hydrogen-bond donors (Lipinski definition) is 1.